The number of sulfonamides is 1. The van der Waals surface area contributed by atoms with Crippen LogP contribution in [0.5, 0.6) is 0 Å². The zero-order chi connectivity index (χ0) is 15.3. The van der Waals surface area contributed by atoms with Gasteiger partial charge in [-0.25, -0.2) is 13.4 Å². The number of aromatic nitrogens is 1. The molecule has 2 atom stereocenters. The molecule has 0 radical (unpaired) electrons. The highest BCUT2D eigenvalue weighted by Gasteiger charge is 2.30. The summed E-state index contributed by atoms with van der Waals surface area (Å²) in [5.41, 5.74) is -0.270. The maximum atomic E-state index is 12.2. The Kier molecular flexibility index (Phi) is 5.19. The van der Waals surface area contributed by atoms with Crippen LogP contribution >= 0.6 is 0 Å². The monoisotopic (exact) mass is 297 g/mol. The van der Waals surface area contributed by atoms with E-state index in [2.05, 4.69) is 9.71 Å². The lowest BCUT2D eigenvalue weighted by Crippen LogP contribution is -2.45. The van der Waals surface area contributed by atoms with Gasteiger partial charge in [-0.2, -0.15) is 9.98 Å². The minimum atomic E-state index is -4.12. The average molecular weight is 297 g/mol. The van der Waals surface area contributed by atoms with Crippen molar-refractivity contribution in [3.63, 3.8) is 0 Å². The van der Waals surface area contributed by atoms with Gasteiger partial charge in [-0.1, -0.05) is 20.3 Å². The van der Waals surface area contributed by atoms with Crippen LogP contribution in [0.2, 0.25) is 0 Å². The number of carboxylic acids is 1. The SMILES string of the molecule is CCC(C)C(NS(=O)(=O)c1cccnc1C#N)C(=O)O. The molecule has 0 spiro atoms. The third kappa shape index (κ3) is 3.53. The van der Waals surface area contributed by atoms with Gasteiger partial charge >= 0.3 is 5.97 Å². The van der Waals surface area contributed by atoms with Gasteiger partial charge in [0.05, 0.1) is 0 Å². The van der Waals surface area contributed by atoms with Crippen molar-refractivity contribution in [2.24, 2.45) is 5.92 Å². The summed E-state index contributed by atoms with van der Waals surface area (Å²) in [7, 11) is -4.12. The lowest BCUT2D eigenvalue weighted by molar-refractivity contribution is -0.140. The van der Waals surface area contributed by atoms with Crippen molar-refractivity contribution in [3.8, 4) is 6.07 Å². The summed E-state index contributed by atoms with van der Waals surface area (Å²) in [5, 5.41) is 18.0. The second-order valence-electron chi connectivity index (χ2n) is 4.28. The number of hydrogen-bond donors (Lipinski definition) is 2. The van der Waals surface area contributed by atoms with Crippen molar-refractivity contribution < 1.29 is 18.3 Å². The van der Waals surface area contributed by atoms with Gasteiger partial charge in [0.15, 0.2) is 5.69 Å². The number of nitriles is 1. The van der Waals surface area contributed by atoms with E-state index in [0.29, 0.717) is 6.42 Å². The number of nitrogens with zero attached hydrogens (tertiary/aromatic N) is 2. The smallest absolute Gasteiger partial charge is 0.322 e. The van der Waals surface area contributed by atoms with Gasteiger partial charge in [0.2, 0.25) is 10.0 Å². The fourth-order valence-electron chi connectivity index (χ4n) is 1.57. The van der Waals surface area contributed by atoms with Crippen molar-refractivity contribution in [2.75, 3.05) is 0 Å². The van der Waals surface area contributed by atoms with Crippen LogP contribution in [0.15, 0.2) is 23.2 Å². The van der Waals surface area contributed by atoms with Crippen LogP contribution in [-0.2, 0) is 14.8 Å². The van der Waals surface area contributed by atoms with E-state index in [1.165, 1.54) is 18.3 Å². The number of rotatable bonds is 6. The van der Waals surface area contributed by atoms with E-state index in [4.69, 9.17) is 10.4 Å². The van der Waals surface area contributed by atoms with E-state index in [1.807, 2.05) is 0 Å². The van der Waals surface area contributed by atoms with E-state index in [0.717, 1.165) is 0 Å². The highest BCUT2D eigenvalue weighted by Crippen LogP contribution is 2.15. The van der Waals surface area contributed by atoms with Crippen LogP contribution in [0.1, 0.15) is 26.0 Å². The maximum absolute atomic E-state index is 12.2. The van der Waals surface area contributed by atoms with Crippen molar-refractivity contribution in [3.05, 3.63) is 24.0 Å². The molecule has 0 aliphatic carbocycles. The molecule has 0 aliphatic rings. The second-order valence-corrected chi connectivity index (χ2v) is 5.97. The molecular formula is C12H15N3O4S. The average Bonchev–Trinajstić information content (AvgIpc) is 2.43. The molecule has 1 heterocycles. The topological polar surface area (TPSA) is 120 Å². The van der Waals surface area contributed by atoms with Crippen molar-refractivity contribution >= 4 is 16.0 Å². The standard InChI is InChI=1S/C12H15N3O4S/c1-3-8(2)11(12(16)17)15-20(18,19)10-5-4-6-14-9(10)7-13/h4-6,8,11,15H,3H2,1-2H3,(H,16,17). The van der Waals surface area contributed by atoms with Crippen LogP contribution in [0.25, 0.3) is 0 Å². The third-order valence-electron chi connectivity index (χ3n) is 2.93. The normalized spacial score (nSPS) is 14.2. The molecule has 7 nitrogen and oxygen atoms in total. The Morgan fingerprint density at radius 1 is 1.60 bits per heavy atom. The Morgan fingerprint density at radius 3 is 2.75 bits per heavy atom. The summed E-state index contributed by atoms with van der Waals surface area (Å²) in [6.07, 6.45) is 1.79. The minimum Gasteiger partial charge on any atom is -0.480 e. The Balaban J connectivity index is 3.17. The Hall–Kier alpha value is -1.98. The van der Waals surface area contributed by atoms with Gasteiger partial charge < -0.3 is 5.11 Å². The summed E-state index contributed by atoms with van der Waals surface area (Å²) in [4.78, 5) is 14.5. The highest BCUT2D eigenvalue weighted by molar-refractivity contribution is 7.89. The van der Waals surface area contributed by atoms with Crippen LogP contribution in [0, 0.1) is 17.2 Å². The minimum absolute atomic E-state index is 0.270. The van der Waals surface area contributed by atoms with Gasteiger partial charge in [0, 0.05) is 6.20 Å². The van der Waals surface area contributed by atoms with Crippen LogP contribution in [-0.4, -0.2) is 30.5 Å². The summed E-state index contributed by atoms with van der Waals surface area (Å²) in [5.74, 6) is -1.64. The predicted octanol–water partition coefficient (Wildman–Crippen LogP) is 0.731. The number of aliphatic carboxylic acids is 1. The number of nitrogens with one attached hydrogen (secondary N) is 1. The molecule has 0 saturated heterocycles. The predicted molar refractivity (Wildman–Crippen MR) is 70.2 cm³/mol. The van der Waals surface area contributed by atoms with E-state index in [-0.39, 0.29) is 16.5 Å². The quantitative estimate of drug-likeness (QED) is 0.798. The summed E-state index contributed by atoms with van der Waals surface area (Å²) >= 11 is 0. The molecule has 0 amide bonds. The van der Waals surface area contributed by atoms with E-state index in [1.54, 1.807) is 19.9 Å². The number of carboxylic acid groups (broad SMARTS) is 1. The van der Waals surface area contributed by atoms with Crippen LogP contribution in [0.3, 0.4) is 0 Å². The fraction of sp³-hybridized carbons (Fsp3) is 0.417. The van der Waals surface area contributed by atoms with E-state index >= 15 is 0 Å². The molecule has 2 N–H and O–H groups in total. The summed E-state index contributed by atoms with van der Waals surface area (Å²) < 4.78 is 26.5. The second kappa shape index (κ2) is 6.45. The van der Waals surface area contributed by atoms with Gasteiger partial charge in [-0.3, -0.25) is 4.79 Å². The van der Waals surface area contributed by atoms with Crippen LogP contribution < -0.4 is 4.72 Å². The largest absolute Gasteiger partial charge is 0.480 e. The van der Waals surface area contributed by atoms with Gasteiger partial charge in [-0.15, -0.1) is 0 Å². The zero-order valence-corrected chi connectivity index (χ0v) is 11.9. The molecule has 108 valence electrons. The molecule has 0 saturated carbocycles. The molecule has 0 fully saturated rings. The Bertz CT molecular complexity index is 636. The first-order valence-corrected chi connectivity index (χ1v) is 7.42. The van der Waals surface area contributed by atoms with Gasteiger partial charge in [0.1, 0.15) is 17.0 Å². The maximum Gasteiger partial charge on any atom is 0.322 e. The van der Waals surface area contributed by atoms with Gasteiger partial charge in [0.25, 0.3) is 0 Å². The zero-order valence-electron chi connectivity index (χ0n) is 11.1. The number of carbonyl (C=O) groups is 1. The molecule has 1 aromatic heterocycles. The third-order valence-corrected chi connectivity index (χ3v) is 4.40. The fourth-order valence-corrected chi connectivity index (χ4v) is 2.97. The first kappa shape index (κ1) is 16.1. The summed E-state index contributed by atoms with van der Waals surface area (Å²) in [6.45, 7) is 3.40. The van der Waals surface area contributed by atoms with E-state index in [9.17, 15) is 13.2 Å². The molecule has 2 unspecified atom stereocenters. The molecule has 0 bridgehead atoms. The molecular weight excluding hydrogens is 282 g/mol. The molecule has 0 aliphatic heterocycles. The lowest BCUT2D eigenvalue weighted by Gasteiger charge is -2.20. The molecule has 20 heavy (non-hydrogen) atoms. The Labute approximate surface area is 117 Å². The number of pyridine rings is 1. The molecule has 8 heteroatoms. The van der Waals surface area contributed by atoms with Gasteiger partial charge in [-0.05, 0) is 18.1 Å². The number of hydrogen-bond acceptors (Lipinski definition) is 5. The highest BCUT2D eigenvalue weighted by atomic mass is 32.2. The first-order chi connectivity index (χ1) is 9.33. The van der Waals surface area contributed by atoms with Crippen molar-refractivity contribution in [2.45, 2.75) is 31.2 Å². The molecule has 1 rings (SSSR count). The lowest BCUT2D eigenvalue weighted by atomic mass is 10.0. The first-order valence-electron chi connectivity index (χ1n) is 5.93. The molecule has 1 aromatic rings. The molecule has 0 aromatic carbocycles. The van der Waals surface area contributed by atoms with Crippen LogP contribution in [0.4, 0.5) is 0 Å². The van der Waals surface area contributed by atoms with E-state index < -0.39 is 22.0 Å². The Morgan fingerprint density at radius 2 is 2.25 bits per heavy atom. The van der Waals surface area contributed by atoms with Crippen molar-refractivity contribution in [1.82, 2.24) is 9.71 Å². The van der Waals surface area contributed by atoms with Crippen molar-refractivity contribution in [1.29, 1.82) is 5.26 Å². The summed E-state index contributed by atoms with van der Waals surface area (Å²) in [6, 6.07) is 3.00.